The van der Waals surface area contributed by atoms with Gasteiger partial charge in [0, 0.05) is 11.1 Å². The Morgan fingerprint density at radius 2 is 2.50 bits per heavy atom. The van der Waals surface area contributed by atoms with E-state index < -0.39 is 6.86 Å². The Morgan fingerprint density at radius 3 is 3.10 bits per heavy atom. The molecule has 0 heterocycles. The molecule has 0 saturated heterocycles. The van der Waals surface area contributed by atoms with Crippen LogP contribution in [0.25, 0.3) is 0 Å². The molecule has 0 unspecified atom stereocenters. The largest absolute Gasteiger partial charge is 0.462 e. The van der Waals surface area contributed by atoms with Crippen LogP contribution >= 0.6 is 11.6 Å². The summed E-state index contributed by atoms with van der Waals surface area (Å²) in [5.41, 5.74) is 0. The zero-order chi connectivity index (χ0) is 7.40. The summed E-state index contributed by atoms with van der Waals surface area (Å²) in [5.74, 6) is 0.329. The van der Waals surface area contributed by atoms with E-state index in [4.69, 9.17) is 11.6 Å². The Hall–Kier alpha value is -0.760. The van der Waals surface area contributed by atoms with E-state index in [1.54, 1.807) is 12.1 Å². The first-order chi connectivity index (χ1) is 4.83. The zero-order valence-corrected chi connectivity index (χ0v) is 5.86. The van der Waals surface area contributed by atoms with Crippen LogP contribution in [0.15, 0.2) is 18.2 Å². The molecule has 0 aliphatic heterocycles. The van der Waals surface area contributed by atoms with Gasteiger partial charge in [-0.25, -0.2) is 4.39 Å². The van der Waals surface area contributed by atoms with Crippen LogP contribution < -0.4 is 4.74 Å². The highest BCUT2D eigenvalue weighted by Crippen LogP contribution is 2.15. The molecule has 0 atom stereocenters. The zero-order valence-electron chi connectivity index (χ0n) is 5.10. The van der Waals surface area contributed by atoms with Crippen molar-refractivity contribution in [3.05, 3.63) is 29.3 Å². The summed E-state index contributed by atoms with van der Waals surface area (Å²) in [6.07, 6.45) is 0. The molecule has 1 rings (SSSR count). The third kappa shape index (κ3) is 1.88. The maximum absolute atomic E-state index is 11.5. The van der Waals surface area contributed by atoms with Gasteiger partial charge in [0.25, 0.3) is 0 Å². The molecular formula is C7H5ClFO. The molecule has 0 N–H and O–H groups in total. The van der Waals surface area contributed by atoms with Crippen LogP contribution in [0.5, 0.6) is 5.75 Å². The number of rotatable bonds is 2. The molecule has 53 valence electrons. The lowest BCUT2D eigenvalue weighted by atomic mass is 10.3. The fraction of sp³-hybridized carbons (Fsp3) is 0.143. The van der Waals surface area contributed by atoms with Crippen molar-refractivity contribution in [3.63, 3.8) is 0 Å². The summed E-state index contributed by atoms with van der Waals surface area (Å²) in [7, 11) is 0. The van der Waals surface area contributed by atoms with Gasteiger partial charge in [0.05, 0.1) is 0 Å². The minimum absolute atomic E-state index is 0.329. The highest BCUT2D eigenvalue weighted by atomic mass is 35.5. The van der Waals surface area contributed by atoms with Crippen LogP contribution in [-0.2, 0) is 0 Å². The van der Waals surface area contributed by atoms with E-state index in [1.165, 1.54) is 6.07 Å². The summed E-state index contributed by atoms with van der Waals surface area (Å²) in [5, 5.41) is 0.516. The fourth-order valence-electron chi connectivity index (χ4n) is 0.561. The van der Waals surface area contributed by atoms with E-state index in [9.17, 15) is 4.39 Å². The summed E-state index contributed by atoms with van der Waals surface area (Å²) >= 11 is 5.56. The number of hydrogen-bond acceptors (Lipinski definition) is 1. The summed E-state index contributed by atoms with van der Waals surface area (Å²) < 4.78 is 16.0. The van der Waals surface area contributed by atoms with Crippen molar-refractivity contribution in [1.29, 1.82) is 0 Å². The number of hydrogen-bond donors (Lipinski definition) is 0. The molecule has 0 saturated carbocycles. The van der Waals surface area contributed by atoms with Crippen LogP contribution in [-0.4, -0.2) is 6.86 Å². The average Bonchev–Trinajstić information content (AvgIpc) is 1.88. The standard InChI is InChI=1S/C7H5ClFO/c8-6-2-1-3-7(4-6)10-5-9/h1-2,4H,5H2. The van der Waals surface area contributed by atoms with E-state index in [-0.39, 0.29) is 0 Å². The SMILES string of the molecule is FCOc1[c]ccc(Cl)c1. The minimum Gasteiger partial charge on any atom is -0.462 e. The lowest BCUT2D eigenvalue weighted by Crippen LogP contribution is -1.88. The topological polar surface area (TPSA) is 9.23 Å². The van der Waals surface area contributed by atoms with Crippen molar-refractivity contribution < 1.29 is 9.13 Å². The first kappa shape index (κ1) is 7.35. The van der Waals surface area contributed by atoms with Crippen LogP contribution in [0.3, 0.4) is 0 Å². The van der Waals surface area contributed by atoms with Crippen molar-refractivity contribution in [3.8, 4) is 5.75 Å². The molecule has 1 aromatic carbocycles. The van der Waals surface area contributed by atoms with Gasteiger partial charge < -0.3 is 4.74 Å². The second-order valence-corrected chi connectivity index (χ2v) is 2.06. The minimum atomic E-state index is -0.850. The Bertz CT molecular complexity index is 215. The van der Waals surface area contributed by atoms with Crippen molar-refractivity contribution in [1.82, 2.24) is 0 Å². The normalized spacial score (nSPS) is 9.40. The average molecular weight is 160 g/mol. The highest BCUT2D eigenvalue weighted by molar-refractivity contribution is 6.30. The summed E-state index contributed by atoms with van der Waals surface area (Å²) in [6, 6.07) is 7.39. The molecule has 0 aliphatic rings. The second kappa shape index (κ2) is 3.42. The lowest BCUT2D eigenvalue weighted by Gasteiger charge is -1.98. The Morgan fingerprint density at radius 1 is 1.70 bits per heavy atom. The van der Waals surface area contributed by atoms with E-state index in [1.807, 2.05) is 0 Å². The number of benzene rings is 1. The van der Waals surface area contributed by atoms with Crippen LogP contribution in [0.1, 0.15) is 0 Å². The Balaban J connectivity index is 2.75. The maximum Gasteiger partial charge on any atom is 0.228 e. The quantitative estimate of drug-likeness (QED) is 0.644. The Labute approximate surface area is 63.4 Å². The van der Waals surface area contributed by atoms with Crippen LogP contribution in [0, 0.1) is 6.07 Å². The number of ether oxygens (including phenoxy) is 1. The number of alkyl halides is 1. The van der Waals surface area contributed by atoms with E-state index in [0.717, 1.165) is 0 Å². The fourth-order valence-corrected chi connectivity index (χ4v) is 0.723. The van der Waals surface area contributed by atoms with E-state index in [2.05, 4.69) is 10.8 Å². The predicted octanol–water partition coefficient (Wildman–Crippen LogP) is 2.45. The van der Waals surface area contributed by atoms with Crippen molar-refractivity contribution >= 4 is 11.6 Å². The lowest BCUT2D eigenvalue weighted by molar-refractivity contribution is 0.191. The van der Waals surface area contributed by atoms with Crippen LogP contribution in [0.2, 0.25) is 5.02 Å². The van der Waals surface area contributed by atoms with Gasteiger partial charge in [-0.1, -0.05) is 11.6 Å². The van der Waals surface area contributed by atoms with Crippen molar-refractivity contribution in [2.75, 3.05) is 6.86 Å². The predicted molar refractivity (Wildman–Crippen MR) is 36.9 cm³/mol. The summed E-state index contributed by atoms with van der Waals surface area (Å²) in [4.78, 5) is 0. The third-order valence-electron chi connectivity index (χ3n) is 0.947. The maximum atomic E-state index is 11.5. The molecule has 10 heavy (non-hydrogen) atoms. The van der Waals surface area contributed by atoms with Crippen molar-refractivity contribution in [2.24, 2.45) is 0 Å². The molecule has 0 bridgehead atoms. The Kier molecular flexibility index (Phi) is 2.51. The van der Waals surface area contributed by atoms with Gasteiger partial charge in [0.15, 0.2) is 0 Å². The van der Waals surface area contributed by atoms with Gasteiger partial charge in [0.2, 0.25) is 6.86 Å². The molecular weight excluding hydrogens is 155 g/mol. The van der Waals surface area contributed by atoms with Gasteiger partial charge in [-0.15, -0.1) is 0 Å². The molecule has 0 spiro atoms. The monoisotopic (exact) mass is 159 g/mol. The molecule has 1 aromatic rings. The van der Waals surface area contributed by atoms with Gasteiger partial charge in [0.1, 0.15) is 5.75 Å². The van der Waals surface area contributed by atoms with Gasteiger partial charge >= 0.3 is 0 Å². The van der Waals surface area contributed by atoms with Crippen molar-refractivity contribution in [2.45, 2.75) is 0 Å². The third-order valence-corrected chi connectivity index (χ3v) is 1.18. The molecule has 0 aromatic heterocycles. The van der Waals surface area contributed by atoms with E-state index >= 15 is 0 Å². The molecule has 1 nitrogen and oxygen atoms in total. The van der Waals surface area contributed by atoms with Crippen LogP contribution in [0.4, 0.5) is 4.39 Å². The van der Waals surface area contributed by atoms with Gasteiger partial charge in [-0.05, 0) is 18.2 Å². The number of halogens is 2. The molecule has 0 aliphatic carbocycles. The van der Waals surface area contributed by atoms with E-state index in [0.29, 0.717) is 10.8 Å². The van der Waals surface area contributed by atoms with Gasteiger partial charge in [-0.3, -0.25) is 0 Å². The molecule has 1 radical (unpaired) electrons. The molecule has 3 heteroatoms. The first-order valence-electron chi connectivity index (χ1n) is 2.69. The van der Waals surface area contributed by atoms with Gasteiger partial charge in [-0.2, -0.15) is 0 Å². The smallest absolute Gasteiger partial charge is 0.228 e. The summed E-state index contributed by atoms with van der Waals surface area (Å²) in [6.45, 7) is -0.850. The molecule has 0 fully saturated rings. The highest BCUT2D eigenvalue weighted by Gasteiger charge is 1.92. The second-order valence-electron chi connectivity index (χ2n) is 1.62. The first-order valence-corrected chi connectivity index (χ1v) is 3.07. The molecule has 0 amide bonds.